The second kappa shape index (κ2) is 9.15. The van der Waals surface area contributed by atoms with Gasteiger partial charge in [-0.15, -0.1) is 0 Å². The topological polar surface area (TPSA) is 46.9 Å². The van der Waals surface area contributed by atoms with E-state index in [0.29, 0.717) is 17.5 Å². The number of rotatable bonds is 7. The van der Waals surface area contributed by atoms with E-state index in [9.17, 15) is 9.18 Å². The van der Waals surface area contributed by atoms with Crippen LogP contribution in [0.3, 0.4) is 0 Å². The van der Waals surface area contributed by atoms with Crippen molar-refractivity contribution in [3.05, 3.63) is 78.4 Å². The molecule has 33 heavy (non-hydrogen) atoms. The Bertz CT molecular complexity index is 1290. The maximum atomic E-state index is 13.5. The summed E-state index contributed by atoms with van der Waals surface area (Å²) in [5.41, 5.74) is 5.78. The molecule has 1 unspecified atom stereocenters. The van der Waals surface area contributed by atoms with E-state index >= 15 is 0 Å². The zero-order valence-corrected chi connectivity index (χ0v) is 20.9. The Morgan fingerprint density at radius 3 is 2.48 bits per heavy atom. The third kappa shape index (κ3) is 4.89. The van der Waals surface area contributed by atoms with E-state index in [1.165, 1.54) is 21.7 Å². The molecule has 6 heteroatoms. The van der Waals surface area contributed by atoms with Crippen molar-refractivity contribution in [3.63, 3.8) is 0 Å². The van der Waals surface area contributed by atoms with Crippen molar-refractivity contribution < 1.29 is 9.18 Å². The molecule has 1 aromatic heterocycles. The van der Waals surface area contributed by atoms with Gasteiger partial charge in [0.1, 0.15) is 0 Å². The summed E-state index contributed by atoms with van der Waals surface area (Å²) in [7, 11) is 0. The van der Waals surface area contributed by atoms with Crippen molar-refractivity contribution in [2.45, 2.75) is 37.9 Å². The summed E-state index contributed by atoms with van der Waals surface area (Å²) in [5, 5.41) is 4.23. The van der Waals surface area contributed by atoms with Crippen LogP contribution in [0.1, 0.15) is 37.0 Å². The predicted molar refractivity (Wildman–Crippen MR) is 133 cm³/mol. The number of benzene rings is 3. The molecule has 5 rings (SSSR count). The number of hydrogen-bond donors (Lipinski definition) is 1. The first-order valence-corrected chi connectivity index (χ1v) is 13.9. The Labute approximate surface area is 199 Å². The molecule has 3 aromatic carbocycles. The fourth-order valence-corrected chi connectivity index (χ4v) is 6.46. The van der Waals surface area contributed by atoms with Gasteiger partial charge in [0.2, 0.25) is 0 Å². The van der Waals surface area contributed by atoms with Crippen molar-refractivity contribution in [2.75, 3.05) is 0 Å². The van der Waals surface area contributed by atoms with Crippen LogP contribution in [-0.4, -0.2) is 37.3 Å². The number of hydrogen-bond acceptors (Lipinski definition) is 2. The van der Waals surface area contributed by atoms with Crippen molar-refractivity contribution >= 4 is 37.0 Å². The molecular formula is C27H27AsFN3O. The van der Waals surface area contributed by atoms with Gasteiger partial charge in [0.15, 0.2) is 0 Å². The quantitative estimate of drug-likeness (QED) is 0.366. The molecule has 4 nitrogen and oxygen atoms in total. The SMILES string of the molecule is CC(C)C[AsH]c1cc(-c2ccc(F)cc2)cc2c1ncn2-c1ccc(C(=O)NC2CC2)cc1. The number of nitrogens with zero attached hydrogens (tertiary/aromatic N) is 2. The molecule has 168 valence electrons. The van der Waals surface area contributed by atoms with E-state index in [0.717, 1.165) is 40.7 Å². The molecule has 1 heterocycles. The molecule has 1 N–H and O–H groups in total. The van der Waals surface area contributed by atoms with Gasteiger partial charge in [-0.3, -0.25) is 0 Å². The number of nitrogens with one attached hydrogen (secondary N) is 1. The van der Waals surface area contributed by atoms with Crippen molar-refractivity contribution in [3.8, 4) is 16.8 Å². The zero-order valence-electron chi connectivity index (χ0n) is 18.8. The first-order chi connectivity index (χ1) is 16.0. The summed E-state index contributed by atoms with van der Waals surface area (Å²) < 4.78 is 16.9. The fraction of sp³-hybridized carbons (Fsp3) is 0.259. The van der Waals surface area contributed by atoms with E-state index < -0.39 is 0 Å². The van der Waals surface area contributed by atoms with Crippen LogP contribution < -0.4 is 9.67 Å². The van der Waals surface area contributed by atoms with Gasteiger partial charge in [-0.25, -0.2) is 0 Å². The van der Waals surface area contributed by atoms with Crippen molar-refractivity contribution in [1.82, 2.24) is 14.9 Å². The van der Waals surface area contributed by atoms with Crippen LogP contribution in [0.5, 0.6) is 0 Å². The second-order valence-corrected chi connectivity index (χ2v) is 11.8. The molecule has 0 saturated heterocycles. The van der Waals surface area contributed by atoms with Crippen LogP contribution in [0, 0.1) is 11.7 Å². The average molecular weight is 503 g/mol. The molecule has 0 spiro atoms. The van der Waals surface area contributed by atoms with Gasteiger partial charge < -0.3 is 0 Å². The summed E-state index contributed by atoms with van der Waals surface area (Å²) in [4.78, 5) is 17.1. The normalized spacial score (nSPS) is 13.9. The van der Waals surface area contributed by atoms with Crippen molar-refractivity contribution in [1.29, 1.82) is 0 Å². The number of carbonyl (C=O) groups excluding carboxylic acids is 1. The van der Waals surface area contributed by atoms with Gasteiger partial charge in [0.05, 0.1) is 0 Å². The standard InChI is InChI=1S/C27H27AsFN3O/c1-17(2)15-28-24-13-20(18-3-7-21(29)8-4-18)14-25-26(24)30-16-32(25)23-11-5-19(6-12-23)27(33)31-22-9-10-22/h3-8,11-14,16-17,22,28H,9-10,15H2,1-2H3,(H,31,33). The Morgan fingerprint density at radius 1 is 1.09 bits per heavy atom. The van der Waals surface area contributed by atoms with Gasteiger partial charge in [0, 0.05) is 0 Å². The second-order valence-electron chi connectivity index (χ2n) is 9.08. The van der Waals surface area contributed by atoms with E-state index in [2.05, 4.69) is 35.9 Å². The van der Waals surface area contributed by atoms with Gasteiger partial charge >= 0.3 is 200 Å². The van der Waals surface area contributed by atoms with Gasteiger partial charge in [-0.2, -0.15) is 0 Å². The molecule has 1 aliphatic carbocycles. The zero-order chi connectivity index (χ0) is 22.9. The third-order valence-electron chi connectivity index (χ3n) is 5.85. The molecule has 1 atom stereocenters. The first kappa shape index (κ1) is 21.9. The van der Waals surface area contributed by atoms with Crippen LogP contribution >= 0.6 is 0 Å². The molecule has 1 aliphatic rings. The summed E-state index contributed by atoms with van der Waals surface area (Å²) in [5.74, 6) is 0.398. The average Bonchev–Trinajstić information content (AvgIpc) is 3.53. The van der Waals surface area contributed by atoms with Crippen molar-refractivity contribution in [2.24, 2.45) is 5.92 Å². The number of halogens is 1. The van der Waals surface area contributed by atoms with Gasteiger partial charge in [-0.1, -0.05) is 0 Å². The Kier molecular flexibility index (Phi) is 6.07. The van der Waals surface area contributed by atoms with Crippen LogP contribution in [0.2, 0.25) is 5.21 Å². The number of aromatic nitrogens is 2. The fourth-order valence-electron chi connectivity index (χ4n) is 3.85. The summed E-state index contributed by atoms with van der Waals surface area (Å²) in [6, 6.07) is 19.1. The third-order valence-corrected chi connectivity index (χ3v) is 9.59. The van der Waals surface area contributed by atoms with E-state index in [1.54, 1.807) is 0 Å². The van der Waals surface area contributed by atoms with Gasteiger partial charge in [0.25, 0.3) is 0 Å². The summed E-state index contributed by atoms with van der Waals surface area (Å²) in [6.07, 6.45) is 4.01. The van der Waals surface area contributed by atoms with Crippen LogP contribution in [0.15, 0.2) is 67.0 Å². The van der Waals surface area contributed by atoms with Crippen LogP contribution in [-0.2, 0) is 0 Å². The van der Waals surface area contributed by atoms with E-state index in [-0.39, 0.29) is 27.5 Å². The number of imidazole rings is 1. The Balaban J connectivity index is 1.54. The van der Waals surface area contributed by atoms with E-state index in [1.807, 2.05) is 42.7 Å². The van der Waals surface area contributed by atoms with Crippen LogP contribution in [0.4, 0.5) is 4.39 Å². The first-order valence-electron chi connectivity index (χ1n) is 11.4. The van der Waals surface area contributed by atoms with E-state index in [4.69, 9.17) is 4.98 Å². The molecule has 1 fully saturated rings. The molecular weight excluding hydrogens is 476 g/mol. The maximum absolute atomic E-state index is 13.5. The molecule has 0 aliphatic heterocycles. The minimum absolute atomic E-state index is 0.0143. The van der Waals surface area contributed by atoms with Gasteiger partial charge in [-0.05, 0) is 0 Å². The molecule has 1 amide bonds. The molecule has 4 aromatic rings. The van der Waals surface area contributed by atoms with Crippen LogP contribution in [0.25, 0.3) is 27.8 Å². The monoisotopic (exact) mass is 503 g/mol. The number of carbonyl (C=O) groups is 1. The molecule has 0 bridgehead atoms. The minimum atomic E-state index is -0.363. The summed E-state index contributed by atoms with van der Waals surface area (Å²) in [6.45, 7) is 4.51. The molecule has 0 radical (unpaired) electrons. The number of fused-ring (bicyclic) bond motifs is 1. The Hall–Kier alpha value is -2.91. The Morgan fingerprint density at radius 2 is 1.82 bits per heavy atom. The molecule has 1 saturated carbocycles. The predicted octanol–water partition coefficient (Wildman–Crippen LogP) is 4.86. The number of amides is 1. The summed E-state index contributed by atoms with van der Waals surface area (Å²) >= 11 is -0.363.